The third-order valence-corrected chi connectivity index (χ3v) is 4.05. The molecule has 12 heavy (non-hydrogen) atoms. The quantitative estimate of drug-likeness (QED) is 0.816. The first-order chi connectivity index (χ1) is 5.41. The summed E-state index contributed by atoms with van der Waals surface area (Å²) < 4.78 is 26.6. The van der Waals surface area contributed by atoms with E-state index in [1.165, 1.54) is 6.26 Å². The molecule has 0 fully saturated rings. The van der Waals surface area contributed by atoms with Crippen LogP contribution in [0.5, 0.6) is 0 Å². The van der Waals surface area contributed by atoms with Crippen LogP contribution >= 0.6 is 27.5 Å². The Morgan fingerprint density at radius 3 is 2.50 bits per heavy atom. The smallest absolute Gasteiger partial charge is 0.179 e. The lowest BCUT2D eigenvalue weighted by Crippen LogP contribution is -2.08. The summed E-state index contributed by atoms with van der Waals surface area (Å²) in [5.41, 5.74) is 0. The Labute approximate surface area is 83.2 Å². The van der Waals surface area contributed by atoms with E-state index in [1.54, 1.807) is 6.92 Å². The average molecular weight is 271 g/mol. The minimum atomic E-state index is -3.08. The SMILES string of the molecule is CC(c1nsc(Br)n1)S(C)(=O)=O. The van der Waals surface area contributed by atoms with Gasteiger partial charge >= 0.3 is 0 Å². The second-order valence-electron chi connectivity index (χ2n) is 2.38. The van der Waals surface area contributed by atoms with Gasteiger partial charge in [0.25, 0.3) is 0 Å². The highest BCUT2D eigenvalue weighted by atomic mass is 79.9. The Bertz CT molecular complexity index is 373. The molecule has 0 aliphatic rings. The van der Waals surface area contributed by atoms with E-state index in [4.69, 9.17) is 0 Å². The summed E-state index contributed by atoms with van der Waals surface area (Å²) in [4.78, 5) is 3.92. The first-order valence-corrected chi connectivity index (χ1v) is 6.61. The molecule has 1 aromatic rings. The van der Waals surface area contributed by atoms with E-state index in [-0.39, 0.29) is 0 Å². The summed E-state index contributed by atoms with van der Waals surface area (Å²) in [7, 11) is -3.08. The van der Waals surface area contributed by atoms with Crippen LogP contribution in [-0.2, 0) is 9.84 Å². The van der Waals surface area contributed by atoms with Gasteiger partial charge in [0.1, 0.15) is 5.25 Å². The predicted octanol–water partition coefficient (Wildman–Crippen LogP) is 1.41. The molecular weight excluding hydrogens is 264 g/mol. The highest BCUT2D eigenvalue weighted by molar-refractivity contribution is 9.11. The van der Waals surface area contributed by atoms with Gasteiger partial charge in [0.05, 0.1) is 0 Å². The Balaban J connectivity index is 3.01. The summed E-state index contributed by atoms with van der Waals surface area (Å²) in [6.07, 6.45) is 1.17. The molecule has 0 amide bonds. The zero-order valence-electron chi connectivity index (χ0n) is 6.48. The molecule has 4 nitrogen and oxygen atoms in total. The van der Waals surface area contributed by atoms with Crippen LogP contribution in [0.4, 0.5) is 0 Å². The van der Waals surface area contributed by atoms with Gasteiger partial charge in [-0.05, 0) is 34.4 Å². The highest BCUT2D eigenvalue weighted by Gasteiger charge is 2.21. The van der Waals surface area contributed by atoms with E-state index in [1.807, 2.05) is 0 Å². The second kappa shape index (κ2) is 3.39. The van der Waals surface area contributed by atoms with E-state index in [2.05, 4.69) is 25.3 Å². The average Bonchev–Trinajstić information content (AvgIpc) is 2.32. The first kappa shape index (κ1) is 10.1. The number of hydrogen-bond donors (Lipinski definition) is 0. The highest BCUT2D eigenvalue weighted by Crippen LogP contribution is 2.21. The van der Waals surface area contributed by atoms with Crippen molar-refractivity contribution in [2.75, 3.05) is 6.26 Å². The van der Waals surface area contributed by atoms with Crippen LogP contribution in [-0.4, -0.2) is 24.0 Å². The second-order valence-corrected chi connectivity index (χ2v) is 6.77. The molecule has 0 bridgehead atoms. The molecule has 0 N–H and O–H groups in total. The minimum Gasteiger partial charge on any atom is -0.228 e. The fourth-order valence-electron chi connectivity index (χ4n) is 0.572. The largest absolute Gasteiger partial charge is 0.228 e. The minimum absolute atomic E-state index is 0.356. The molecular formula is C5H7BrN2O2S2. The topological polar surface area (TPSA) is 59.9 Å². The van der Waals surface area contributed by atoms with Crippen molar-refractivity contribution in [3.63, 3.8) is 0 Å². The molecule has 1 unspecified atom stereocenters. The van der Waals surface area contributed by atoms with Gasteiger partial charge in [-0.3, -0.25) is 0 Å². The number of rotatable bonds is 2. The summed E-state index contributed by atoms with van der Waals surface area (Å²) in [6.45, 7) is 1.57. The molecule has 1 aromatic heterocycles. The molecule has 68 valence electrons. The van der Waals surface area contributed by atoms with E-state index in [0.717, 1.165) is 11.5 Å². The maximum Gasteiger partial charge on any atom is 0.179 e. The van der Waals surface area contributed by atoms with Crippen LogP contribution < -0.4 is 0 Å². The van der Waals surface area contributed by atoms with Crippen molar-refractivity contribution in [1.29, 1.82) is 0 Å². The molecule has 0 saturated heterocycles. The molecule has 1 atom stereocenters. The lowest BCUT2D eigenvalue weighted by molar-refractivity contribution is 0.590. The number of halogens is 1. The molecule has 0 aliphatic carbocycles. The molecule has 0 aromatic carbocycles. The number of sulfone groups is 1. The van der Waals surface area contributed by atoms with Gasteiger partial charge in [-0.15, -0.1) is 0 Å². The van der Waals surface area contributed by atoms with E-state index in [0.29, 0.717) is 9.74 Å². The standard InChI is InChI=1S/C5H7BrN2O2S2/c1-3(12(2,9)10)4-7-5(6)11-8-4/h3H,1-2H3. The van der Waals surface area contributed by atoms with Gasteiger partial charge in [-0.2, -0.15) is 4.37 Å². The van der Waals surface area contributed by atoms with Crippen LogP contribution in [0.25, 0.3) is 0 Å². The van der Waals surface area contributed by atoms with Crippen molar-refractivity contribution in [1.82, 2.24) is 9.36 Å². The number of aromatic nitrogens is 2. The Hall–Kier alpha value is -0.0100. The van der Waals surface area contributed by atoms with Gasteiger partial charge in [0.2, 0.25) is 0 Å². The third kappa shape index (κ3) is 2.24. The van der Waals surface area contributed by atoms with Crippen molar-refractivity contribution < 1.29 is 8.42 Å². The molecule has 0 aliphatic heterocycles. The van der Waals surface area contributed by atoms with Gasteiger partial charge < -0.3 is 0 Å². The Morgan fingerprint density at radius 1 is 1.58 bits per heavy atom. The molecule has 7 heteroatoms. The lowest BCUT2D eigenvalue weighted by Gasteiger charge is -2.02. The molecule has 1 rings (SSSR count). The van der Waals surface area contributed by atoms with Crippen molar-refractivity contribution >= 4 is 37.3 Å². The van der Waals surface area contributed by atoms with Crippen molar-refractivity contribution in [3.05, 3.63) is 9.74 Å². The van der Waals surface area contributed by atoms with Gasteiger partial charge in [0, 0.05) is 6.26 Å². The van der Waals surface area contributed by atoms with Gasteiger partial charge in [0.15, 0.2) is 19.6 Å². The number of nitrogens with zero attached hydrogens (tertiary/aromatic N) is 2. The maximum atomic E-state index is 11.1. The molecule has 0 radical (unpaired) electrons. The normalized spacial score (nSPS) is 14.6. The summed E-state index contributed by atoms with van der Waals surface area (Å²) >= 11 is 4.26. The van der Waals surface area contributed by atoms with E-state index >= 15 is 0 Å². The first-order valence-electron chi connectivity index (χ1n) is 3.09. The van der Waals surface area contributed by atoms with Crippen molar-refractivity contribution in [2.45, 2.75) is 12.2 Å². The fourth-order valence-corrected chi connectivity index (χ4v) is 2.03. The van der Waals surface area contributed by atoms with Crippen molar-refractivity contribution in [2.24, 2.45) is 0 Å². The number of hydrogen-bond acceptors (Lipinski definition) is 5. The van der Waals surface area contributed by atoms with Gasteiger partial charge in [-0.25, -0.2) is 13.4 Å². The third-order valence-electron chi connectivity index (χ3n) is 1.42. The summed E-state index contributed by atoms with van der Waals surface area (Å²) in [6, 6.07) is 0. The zero-order chi connectivity index (χ0) is 9.35. The van der Waals surface area contributed by atoms with E-state index in [9.17, 15) is 8.42 Å². The fraction of sp³-hybridized carbons (Fsp3) is 0.600. The molecule has 0 spiro atoms. The Morgan fingerprint density at radius 2 is 2.17 bits per heavy atom. The van der Waals surface area contributed by atoms with Crippen LogP contribution in [0, 0.1) is 0 Å². The molecule has 0 saturated carbocycles. The van der Waals surface area contributed by atoms with Crippen molar-refractivity contribution in [3.8, 4) is 0 Å². The lowest BCUT2D eigenvalue weighted by atomic mass is 10.5. The van der Waals surface area contributed by atoms with E-state index < -0.39 is 15.1 Å². The van der Waals surface area contributed by atoms with Crippen LogP contribution in [0.3, 0.4) is 0 Å². The zero-order valence-corrected chi connectivity index (χ0v) is 9.70. The maximum absolute atomic E-state index is 11.1. The predicted molar refractivity (Wildman–Crippen MR) is 50.9 cm³/mol. The van der Waals surface area contributed by atoms with Crippen LogP contribution in [0.15, 0.2) is 3.92 Å². The van der Waals surface area contributed by atoms with Gasteiger partial charge in [-0.1, -0.05) is 0 Å². The van der Waals surface area contributed by atoms with Crippen LogP contribution in [0.2, 0.25) is 0 Å². The summed E-state index contributed by atoms with van der Waals surface area (Å²) in [5.74, 6) is 0.356. The van der Waals surface area contributed by atoms with Crippen LogP contribution in [0.1, 0.15) is 18.0 Å². The molecule has 1 heterocycles. The monoisotopic (exact) mass is 270 g/mol. The summed E-state index contributed by atoms with van der Waals surface area (Å²) in [5, 5.41) is -0.625. The Kier molecular flexibility index (Phi) is 2.84.